The third-order valence-corrected chi connectivity index (χ3v) is 5.36. The number of benzene rings is 1. The van der Waals surface area contributed by atoms with E-state index in [9.17, 15) is 18.0 Å². The van der Waals surface area contributed by atoms with Gasteiger partial charge in [0.05, 0.1) is 30.8 Å². The van der Waals surface area contributed by atoms with E-state index in [4.69, 9.17) is 14.2 Å². The fourth-order valence-electron chi connectivity index (χ4n) is 3.49. The molecule has 0 radical (unpaired) electrons. The molecule has 1 aliphatic rings. The van der Waals surface area contributed by atoms with Crippen molar-refractivity contribution >= 4 is 5.97 Å². The SMILES string of the molecule is COCc1c(F)c(F)c(COC(=O)C(c2cnc(C(C)(C)C)nc2)C2CC2)c(OC)c1F. The fourth-order valence-corrected chi connectivity index (χ4v) is 3.49. The average molecular weight is 452 g/mol. The molecular weight excluding hydrogens is 425 g/mol. The summed E-state index contributed by atoms with van der Waals surface area (Å²) in [6, 6.07) is 0. The van der Waals surface area contributed by atoms with Crippen molar-refractivity contribution in [3.63, 3.8) is 0 Å². The minimum absolute atomic E-state index is 0.0517. The molecule has 1 unspecified atom stereocenters. The molecule has 1 atom stereocenters. The summed E-state index contributed by atoms with van der Waals surface area (Å²) in [6.07, 6.45) is 4.84. The smallest absolute Gasteiger partial charge is 0.314 e. The lowest BCUT2D eigenvalue weighted by Crippen LogP contribution is -2.21. The van der Waals surface area contributed by atoms with Crippen LogP contribution in [0.25, 0.3) is 0 Å². The number of hydrogen-bond donors (Lipinski definition) is 0. The van der Waals surface area contributed by atoms with Crippen LogP contribution in [0, 0.1) is 23.4 Å². The largest absolute Gasteiger partial charge is 0.493 e. The van der Waals surface area contributed by atoms with E-state index in [0.29, 0.717) is 11.4 Å². The average Bonchev–Trinajstić information content (AvgIpc) is 3.57. The molecule has 1 aromatic heterocycles. The second-order valence-electron chi connectivity index (χ2n) is 8.88. The number of esters is 1. The molecule has 6 nitrogen and oxygen atoms in total. The summed E-state index contributed by atoms with van der Waals surface area (Å²) in [6.45, 7) is 4.78. The highest BCUT2D eigenvalue weighted by Gasteiger charge is 2.39. The molecule has 1 saturated carbocycles. The van der Waals surface area contributed by atoms with E-state index < -0.39 is 59.4 Å². The van der Waals surface area contributed by atoms with Gasteiger partial charge in [0.25, 0.3) is 0 Å². The quantitative estimate of drug-likeness (QED) is 0.431. The highest BCUT2D eigenvalue weighted by Crippen LogP contribution is 2.43. The molecule has 1 heterocycles. The van der Waals surface area contributed by atoms with Crippen molar-refractivity contribution in [1.82, 2.24) is 9.97 Å². The Labute approximate surface area is 185 Å². The molecule has 0 amide bonds. The van der Waals surface area contributed by atoms with Gasteiger partial charge < -0.3 is 14.2 Å². The minimum atomic E-state index is -1.40. The van der Waals surface area contributed by atoms with Gasteiger partial charge in [-0.25, -0.2) is 23.1 Å². The van der Waals surface area contributed by atoms with Crippen molar-refractivity contribution in [2.24, 2.45) is 5.92 Å². The van der Waals surface area contributed by atoms with Gasteiger partial charge in [-0.15, -0.1) is 0 Å². The number of hydrogen-bond acceptors (Lipinski definition) is 6. The van der Waals surface area contributed by atoms with Gasteiger partial charge in [-0.1, -0.05) is 20.8 Å². The summed E-state index contributed by atoms with van der Waals surface area (Å²) >= 11 is 0. The zero-order valence-corrected chi connectivity index (χ0v) is 18.8. The molecule has 1 aliphatic carbocycles. The Bertz CT molecular complexity index is 986. The van der Waals surface area contributed by atoms with Gasteiger partial charge in [-0.3, -0.25) is 4.79 Å². The molecule has 9 heteroatoms. The summed E-state index contributed by atoms with van der Waals surface area (Å²) in [7, 11) is 2.35. The summed E-state index contributed by atoms with van der Waals surface area (Å²) < 4.78 is 58.5. The Kier molecular flexibility index (Phi) is 7.07. The van der Waals surface area contributed by atoms with Crippen LogP contribution < -0.4 is 4.74 Å². The number of nitrogens with zero attached hydrogens (tertiary/aromatic N) is 2. The van der Waals surface area contributed by atoms with Crippen LogP contribution in [0.5, 0.6) is 5.75 Å². The Morgan fingerprint density at radius 1 is 1.03 bits per heavy atom. The number of rotatable bonds is 8. The van der Waals surface area contributed by atoms with Crippen LogP contribution in [-0.4, -0.2) is 30.2 Å². The van der Waals surface area contributed by atoms with E-state index in [0.717, 1.165) is 20.0 Å². The molecule has 0 bridgehead atoms. The molecular formula is C23H27F3N2O4. The summed E-state index contributed by atoms with van der Waals surface area (Å²) in [5, 5.41) is 0. The molecule has 0 N–H and O–H groups in total. The first kappa shape index (κ1) is 24.0. The van der Waals surface area contributed by atoms with E-state index in [2.05, 4.69) is 9.97 Å². The summed E-state index contributed by atoms with van der Waals surface area (Å²) in [5.41, 5.74) is -0.759. The molecule has 0 aliphatic heterocycles. The maximum Gasteiger partial charge on any atom is 0.314 e. The van der Waals surface area contributed by atoms with Gasteiger partial charge in [-0.2, -0.15) is 0 Å². The predicted octanol–water partition coefficient (Wildman–Crippen LogP) is 4.58. The first-order valence-corrected chi connectivity index (χ1v) is 10.3. The van der Waals surface area contributed by atoms with Crippen molar-refractivity contribution in [3.8, 4) is 5.75 Å². The molecule has 1 aromatic carbocycles. The molecule has 3 rings (SSSR count). The third-order valence-electron chi connectivity index (χ3n) is 5.36. The molecule has 0 spiro atoms. The normalized spacial score (nSPS) is 14.9. The second-order valence-corrected chi connectivity index (χ2v) is 8.88. The number of halogens is 3. The molecule has 32 heavy (non-hydrogen) atoms. The maximum atomic E-state index is 14.6. The van der Waals surface area contributed by atoms with E-state index in [1.807, 2.05) is 20.8 Å². The zero-order chi connectivity index (χ0) is 23.6. The van der Waals surface area contributed by atoms with Crippen molar-refractivity contribution in [1.29, 1.82) is 0 Å². The third kappa shape index (κ3) is 4.87. The Morgan fingerprint density at radius 3 is 2.12 bits per heavy atom. The Morgan fingerprint density at radius 2 is 1.62 bits per heavy atom. The van der Waals surface area contributed by atoms with Gasteiger partial charge in [0, 0.05) is 30.5 Å². The van der Waals surface area contributed by atoms with E-state index in [1.165, 1.54) is 7.11 Å². The number of methoxy groups -OCH3 is 2. The molecule has 1 fully saturated rings. The predicted molar refractivity (Wildman–Crippen MR) is 110 cm³/mol. The maximum absolute atomic E-state index is 14.6. The van der Waals surface area contributed by atoms with Crippen LogP contribution in [0.4, 0.5) is 13.2 Å². The van der Waals surface area contributed by atoms with Gasteiger partial charge in [0.1, 0.15) is 12.4 Å². The lowest BCUT2D eigenvalue weighted by Gasteiger charge is -2.20. The van der Waals surface area contributed by atoms with Gasteiger partial charge >= 0.3 is 5.97 Å². The summed E-state index contributed by atoms with van der Waals surface area (Å²) in [5.74, 6) is -4.95. The van der Waals surface area contributed by atoms with E-state index >= 15 is 0 Å². The number of ether oxygens (including phenoxy) is 3. The second kappa shape index (κ2) is 9.44. The highest BCUT2D eigenvalue weighted by molar-refractivity contribution is 5.79. The fraction of sp³-hybridized carbons (Fsp3) is 0.522. The topological polar surface area (TPSA) is 70.5 Å². The van der Waals surface area contributed by atoms with E-state index in [-0.39, 0.29) is 11.3 Å². The van der Waals surface area contributed by atoms with Crippen LogP contribution in [-0.2, 0) is 32.9 Å². The molecule has 174 valence electrons. The van der Waals surface area contributed by atoms with E-state index in [1.54, 1.807) is 12.4 Å². The zero-order valence-electron chi connectivity index (χ0n) is 18.8. The van der Waals surface area contributed by atoms with Crippen LogP contribution in [0.2, 0.25) is 0 Å². The van der Waals surface area contributed by atoms with Gasteiger partial charge in [0.15, 0.2) is 23.2 Å². The van der Waals surface area contributed by atoms with Gasteiger partial charge in [0.2, 0.25) is 0 Å². The molecule has 2 aromatic rings. The highest BCUT2D eigenvalue weighted by atomic mass is 19.2. The van der Waals surface area contributed by atoms with Crippen LogP contribution in [0.3, 0.4) is 0 Å². The Hall–Kier alpha value is -2.68. The van der Waals surface area contributed by atoms with Gasteiger partial charge in [-0.05, 0) is 18.8 Å². The van der Waals surface area contributed by atoms with Crippen molar-refractivity contribution in [2.75, 3.05) is 14.2 Å². The lowest BCUT2D eigenvalue weighted by molar-refractivity contribution is -0.147. The van der Waals surface area contributed by atoms with Crippen LogP contribution >= 0.6 is 0 Å². The first-order valence-electron chi connectivity index (χ1n) is 10.3. The lowest BCUT2D eigenvalue weighted by atomic mass is 9.94. The number of carbonyl (C=O) groups excluding carboxylic acids is 1. The number of carbonyl (C=O) groups is 1. The Balaban J connectivity index is 1.83. The van der Waals surface area contributed by atoms with Crippen molar-refractivity contribution < 1.29 is 32.2 Å². The van der Waals surface area contributed by atoms with Crippen molar-refractivity contribution in [2.45, 2.75) is 58.2 Å². The minimum Gasteiger partial charge on any atom is -0.493 e. The molecule has 0 saturated heterocycles. The summed E-state index contributed by atoms with van der Waals surface area (Å²) in [4.78, 5) is 21.6. The van der Waals surface area contributed by atoms with Crippen molar-refractivity contribution in [3.05, 3.63) is 52.4 Å². The monoisotopic (exact) mass is 452 g/mol. The standard InChI is InChI=1S/C23H27F3N2O4/c1-23(2,3)22-27-8-13(9-28-22)16(12-6-7-12)21(29)32-11-15-18(25)17(24)14(10-30-4)19(26)20(15)31-5/h8-9,12,16H,6-7,10-11H2,1-5H3. The first-order chi connectivity index (χ1) is 15.1. The van der Waals surface area contributed by atoms with Crippen LogP contribution in [0.15, 0.2) is 12.4 Å². The number of aromatic nitrogens is 2. The van der Waals surface area contributed by atoms with Crippen LogP contribution in [0.1, 0.15) is 62.0 Å².